The van der Waals surface area contributed by atoms with Crippen LogP contribution in [-0.2, 0) is 0 Å². The molecule has 1 aromatic carbocycles. The minimum Gasteiger partial charge on any atom is -0.348 e. The van der Waals surface area contributed by atoms with Crippen molar-refractivity contribution in [1.29, 1.82) is 0 Å². The van der Waals surface area contributed by atoms with Crippen LogP contribution in [0.15, 0.2) is 18.2 Å². The van der Waals surface area contributed by atoms with Crippen molar-refractivity contribution in [3.8, 4) is 0 Å². The number of fused-ring (bicyclic) bond motifs is 1. The van der Waals surface area contributed by atoms with Crippen LogP contribution in [0.3, 0.4) is 0 Å². The second kappa shape index (κ2) is 4.62. The van der Waals surface area contributed by atoms with E-state index in [1.54, 1.807) is 24.1 Å². The van der Waals surface area contributed by atoms with Gasteiger partial charge in [-0.2, -0.15) is 0 Å². The van der Waals surface area contributed by atoms with E-state index in [4.69, 9.17) is 0 Å². The second-order valence-corrected chi connectivity index (χ2v) is 5.92. The van der Waals surface area contributed by atoms with E-state index in [2.05, 4.69) is 4.98 Å². The first kappa shape index (κ1) is 13.2. The fourth-order valence-electron chi connectivity index (χ4n) is 2.56. The summed E-state index contributed by atoms with van der Waals surface area (Å²) in [7, 11) is 1.81. The van der Waals surface area contributed by atoms with Crippen LogP contribution in [0.2, 0.25) is 0 Å². The van der Waals surface area contributed by atoms with Crippen molar-refractivity contribution < 1.29 is 9.18 Å². The number of rotatable bonds is 3. The highest BCUT2D eigenvalue weighted by molar-refractivity contribution is 5.98. The highest BCUT2D eigenvalue weighted by atomic mass is 19.1. The van der Waals surface area contributed by atoms with Gasteiger partial charge >= 0.3 is 0 Å². The lowest BCUT2D eigenvalue weighted by Gasteiger charge is -2.14. The molecule has 4 heteroatoms. The SMILES string of the molecule is CC(C)c1ccc2cc(C(=O)N(C)C3CC3)[nH]c2c1F. The Balaban J connectivity index is 2.02. The number of hydrogen-bond donors (Lipinski definition) is 1. The van der Waals surface area contributed by atoms with Crippen molar-refractivity contribution in [1.82, 2.24) is 9.88 Å². The first-order valence-electron chi connectivity index (χ1n) is 7.07. The third-order valence-electron chi connectivity index (χ3n) is 4.03. The minimum atomic E-state index is -0.245. The Labute approximate surface area is 117 Å². The van der Waals surface area contributed by atoms with E-state index >= 15 is 0 Å². The summed E-state index contributed by atoms with van der Waals surface area (Å²) >= 11 is 0. The molecule has 1 aliphatic carbocycles. The summed E-state index contributed by atoms with van der Waals surface area (Å²) in [5.41, 5.74) is 1.58. The summed E-state index contributed by atoms with van der Waals surface area (Å²) in [6, 6.07) is 5.77. The molecule has 0 atom stereocenters. The third-order valence-corrected chi connectivity index (χ3v) is 4.03. The van der Waals surface area contributed by atoms with Crippen LogP contribution in [0.25, 0.3) is 10.9 Å². The number of nitrogens with zero attached hydrogens (tertiary/aromatic N) is 1. The van der Waals surface area contributed by atoms with Crippen LogP contribution in [0.1, 0.15) is 48.7 Å². The van der Waals surface area contributed by atoms with Gasteiger partial charge < -0.3 is 9.88 Å². The number of amides is 1. The zero-order valence-electron chi connectivity index (χ0n) is 12.0. The number of hydrogen-bond acceptors (Lipinski definition) is 1. The molecule has 1 fully saturated rings. The number of H-pyrrole nitrogens is 1. The Morgan fingerprint density at radius 3 is 2.70 bits per heavy atom. The lowest BCUT2D eigenvalue weighted by atomic mass is 10.0. The van der Waals surface area contributed by atoms with E-state index < -0.39 is 0 Å². The van der Waals surface area contributed by atoms with Gasteiger partial charge in [-0.25, -0.2) is 4.39 Å². The second-order valence-electron chi connectivity index (χ2n) is 5.92. The molecule has 0 spiro atoms. The topological polar surface area (TPSA) is 36.1 Å². The molecule has 1 aromatic heterocycles. The van der Waals surface area contributed by atoms with Crippen molar-refractivity contribution >= 4 is 16.8 Å². The molecule has 20 heavy (non-hydrogen) atoms. The van der Waals surface area contributed by atoms with Crippen LogP contribution in [-0.4, -0.2) is 28.9 Å². The van der Waals surface area contributed by atoms with Crippen molar-refractivity contribution in [3.05, 3.63) is 35.3 Å². The maximum atomic E-state index is 14.4. The fourth-order valence-corrected chi connectivity index (χ4v) is 2.56. The van der Waals surface area contributed by atoms with Crippen molar-refractivity contribution in [2.45, 2.75) is 38.6 Å². The summed E-state index contributed by atoms with van der Waals surface area (Å²) in [4.78, 5) is 17.0. The molecule has 1 amide bonds. The molecule has 3 rings (SSSR count). The summed E-state index contributed by atoms with van der Waals surface area (Å²) in [6.07, 6.45) is 2.13. The average Bonchev–Trinajstić information content (AvgIpc) is 3.16. The van der Waals surface area contributed by atoms with Crippen LogP contribution in [0.4, 0.5) is 4.39 Å². The predicted octanol–water partition coefficient (Wildman–Crippen LogP) is 3.66. The Hall–Kier alpha value is -1.84. The van der Waals surface area contributed by atoms with E-state index in [-0.39, 0.29) is 17.6 Å². The number of benzene rings is 1. The number of carbonyl (C=O) groups is 1. The van der Waals surface area contributed by atoms with Gasteiger partial charge in [0.1, 0.15) is 5.69 Å². The molecule has 1 N–H and O–H groups in total. The molecule has 0 aliphatic heterocycles. The van der Waals surface area contributed by atoms with Crippen LogP contribution >= 0.6 is 0 Å². The Bertz CT molecular complexity index is 670. The first-order valence-corrected chi connectivity index (χ1v) is 7.07. The Morgan fingerprint density at radius 2 is 2.10 bits per heavy atom. The molecule has 0 bridgehead atoms. The standard InChI is InChI=1S/C16H19FN2O/c1-9(2)12-7-4-10-8-13(18-15(10)14(12)17)16(20)19(3)11-5-6-11/h4,7-9,11,18H,5-6H2,1-3H3. The van der Waals surface area contributed by atoms with Gasteiger partial charge in [-0.15, -0.1) is 0 Å². The van der Waals surface area contributed by atoms with Crippen LogP contribution < -0.4 is 0 Å². The Morgan fingerprint density at radius 1 is 1.40 bits per heavy atom. The van der Waals surface area contributed by atoms with Crippen molar-refractivity contribution in [3.63, 3.8) is 0 Å². The van der Waals surface area contributed by atoms with E-state index in [1.807, 2.05) is 19.9 Å². The maximum Gasteiger partial charge on any atom is 0.270 e. The van der Waals surface area contributed by atoms with Gasteiger partial charge in [0.15, 0.2) is 5.82 Å². The van der Waals surface area contributed by atoms with Crippen LogP contribution in [0.5, 0.6) is 0 Å². The summed E-state index contributed by atoms with van der Waals surface area (Å²) in [5.74, 6) is -0.184. The number of nitrogens with one attached hydrogen (secondary N) is 1. The third kappa shape index (κ3) is 2.09. The minimum absolute atomic E-state index is 0.0609. The highest BCUT2D eigenvalue weighted by Crippen LogP contribution is 2.29. The summed E-state index contributed by atoms with van der Waals surface area (Å²) < 4.78 is 14.4. The van der Waals surface area contributed by atoms with Gasteiger partial charge in [0, 0.05) is 18.5 Å². The normalized spacial score (nSPS) is 15.1. The van der Waals surface area contributed by atoms with E-state index in [1.165, 1.54) is 0 Å². The average molecular weight is 274 g/mol. The molecule has 1 heterocycles. The number of carbonyl (C=O) groups excluding carboxylic acids is 1. The van der Waals surface area contributed by atoms with Crippen LogP contribution in [0, 0.1) is 5.82 Å². The number of aromatic amines is 1. The molecular weight excluding hydrogens is 255 g/mol. The molecule has 0 saturated heterocycles. The zero-order chi connectivity index (χ0) is 14.4. The predicted molar refractivity (Wildman–Crippen MR) is 77.5 cm³/mol. The summed E-state index contributed by atoms with van der Waals surface area (Å²) in [5, 5.41) is 0.749. The van der Waals surface area contributed by atoms with Gasteiger partial charge in [-0.05, 0) is 30.4 Å². The number of halogens is 1. The van der Waals surface area contributed by atoms with Gasteiger partial charge in [-0.1, -0.05) is 26.0 Å². The molecule has 106 valence electrons. The molecule has 2 aromatic rings. The largest absolute Gasteiger partial charge is 0.348 e. The van der Waals surface area contributed by atoms with Gasteiger partial charge in [0.2, 0.25) is 0 Å². The molecule has 1 saturated carbocycles. The molecule has 0 unspecified atom stereocenters. The van der Waals surface area contributed by atoms with Gasteiger partial charge in [0.25, 0.3) is 5.91 Å². The van der Waals surface area contributed by atoms with Gasteiger partial charge in [-0.3, -0.25) is 4.79 Å². The fraction of sp³-hybridized carbons (Fsp3) is 0.438. The zero-order valence-corrected chi connectivity index (χ0v) is 12.0. The maximum absolute atomic E-state index is 14.4. The smallest absolute Gasteiger partial charge is 0.270 e. The molecule has 3 nitrogen and oxygen atoms in total. The monoisotopic (exact) mass is 274 g/mol. The first-order chi connectivity index (χ1) is 9.49. The van der Waals surface area contributed by atoms with E-state index in [9.17, 15) is 9.18 Å². The lowest BCUT2D eigenvalue weighted by Crippen LogP contribution is -2.28. The molecular formula is C16H19FN2O. The number of aromatic nitrogens is 1. The quantitative estimate of drug-likeness (QED) is 0.911. The summed E-state index contributed by atoms with van der Waals surface area (Å²) in [6.45, 7) is 3.92. The van der Waals surface area contributed by atoms with Gasteiger partial charge in [0.05, 0.1) is 5.52 Å². The van der Waals surface area contributed by atoms with E-state index in [0.29, 0.717) is 22.8 Å². The Kier molecular flexibility index (Phi) is 3.04. The lowest BCUT2D eigenvalue weighted by molar-refractivity contribution is 0.0780. The van der Waals surface area contributed by atoms with Crippen molar-refractivity contribution in [2.24, 2.45) is 0 Å². The molecule has 1 aliphatic rings. The molecule has 0 radical (unpaired) electrons. The van der Waals surface area contributed by atoms with Crippen molar-refractivity contribution in [2.75, 3.05) is 7.05 Å². The van der Waals surface area contributed by atoms with E-state index in [0.717, 1.165) is 18.2 Å². The highest BCUT2D eigenvalue weighted by Gasteiger charge is 2.30.